The molecule has 0 spiro atoms. The van der Waals surface area contributed by atoms with Gasteiger partial charge in [-0.3, -0.25) is 5.41 Å². The highest BCUT2D eigenvalue weighted by Gasteiger charge is 2.27. The van der Waals surface area contributed by atoms with E-state index in [1.165, 1.54) is 0 Å². The molecule has 7 heteroatoms. The van der Waals surface area contributed by atoms with Gasteiger partial charge in [-0.15, -0.1) is 0 Å². The van der Waals surface area contributed by atoms with Gasteiger partial charge in [0.25, 0.3) is 0 Å². The summed E-state index contributed by atoms with van der Waals surface area (Å²) in [5, 5.41) is 15.9. The minimum atomic E-state index is 0.316. The van der Waals surface area contributed by atoms with Crippen LogP contribution >= 0.6 is 15.9 Å². The van der Waals surface area contributed by atoms with Gasteiger partial charge in [0, 0.05) is 24.8 Å². The number of likely N-dealkylation sites (N-methyl/N-ethyl adjacent to an activating group) is 1. The summed E-state index contributed by atoms with van der Waals surface area (Å²) in [5.41, 5.74) is 1.30. The predicted octanol–water partition coefficient (Wildman–Crippen LogP) is 1.17. The molecule has 0 amide bonds. The highest BCUT2D eigenvalue weighted by molar-refractivity contribution is 9.10. The third-order valence-electron chi connectivity index (χ3n) is 3.29. The Bertz CT molecular complexity index is 544. The van der Waals surface area contributed by atoms with E-state index in [9.17, 15) is 0 Å². The van der Waals surface area contributed by atoms with Crippen molar-refractivity contribution in [3.8, 4) is 0 Å². The molecule has 19 heavy (non-hydrogen) atoms. The minimum absolute atomic E-state index is 0.316. The van der Waals surface area contributed by atoms with Gasteiger partial charge in [0.05, 0.1) is 6.20 Å². The van der Waals surface area contributed by atoms with Crippen LogP contribution in [0.5, 0.6) is 0 Å². The lowest BCUT2D eigenvalue weighted by Crippen LogP contribution is -2.58. The van der Waals surface area contributed by atoms with Crippen molar-refractivity contribution in [2.24, 2.45) is 5.10 Å². The third kappa shape index (κ3) is 2.87. The van der Waals surface area contributed by atoms with Gasteiger partial charge >= 0.3 is 0 Å². The van der Waals surface area contributed by atoms with Crippen molar-refractivity contribution < 1.29 is 0 Å². The van der Waals surface area contributed by atoms with Gasteiger partial charge in [0.2, 0.25) is 0 Å². The number of halogens is 1. The molecule has 0 aliphatic carbocycles. The maximum Gasteiger partial charge on any atom is 0.190 e. The summed E-state index contributed by atoms with van der Waals surface area (Å²) >= 11 is 3.40. The lowest BCUT2D eigenvalue weighted by Gasteiger charge is -2.39. The summed E-state index contributed by atoms with van der Waals surface area (Å²) in [4.78, 5) is 6.42. The third-order valence-corrected chi connectivity index (χ3v) is 3.83. The Hall–Kier alpha value is -1.21. The van der Waals surface area contributed by atoms with Crippen LogP contribution in [-0.4, -0.2) is 41.6 Å². The van der Waals surface area contributed by atoms with Crippen LogP contribution in [0.15, 0.2) is 15.9 Å². The molecule has 1 aromatic heterocycles. The maximum absolute atomic E-state index is 8.25. The summed E-state index contributed by atoms with van der Waals surface area (Å²) in [6, 6.07) is 0.485. The smallest absolute Gasteiger partial charge is 0.190 e. The van der Waals surface area contributed by atoms with Gasteiger partial charge in [-0.05, 0) is 36.3 Å². The lowest BCUT2D eigenvalue weighted by atomic mass is 10.1. The second-order valence-electron chi connectivity index (χ2n) is 4.64. The normalized spacial score (nSPS) is 16.6. The largest absolute Gasteiger partial charge is 0.350 e. The lowest BCUT2D eigenvalue weighted by molar-refractivity contribution is 0.443. The number of nitrogens with one attached hydrogen (secondary N) is 2. The Labute approximate surface area is 121 Å². The van der Waals surface area contributed by atoms with Crippen molar-refractivity contribution in [2.45, 2.75) is 26.3 Å². The molecule has 2 rings (SSSR count). The van der Waals surface area contributed by atoms with Crippen LogP contribution in [0, 0.1) is 5.41 Å². The van der Waals surface area contributed by atoms with E-state index in [1.807, 2.05) is 20.9 Å². The van der Waals surface area contributed by atoms with Crippen molar-refractivity contribution >= 4 is 27.5 Å². The molecule has 1 saturated heterocycles. The second kappa shape index (κ2) is 5.83. The van der Waals surface area contributed by atoms with Crippen LogP contribution < -0.4 is 15.7 Å². The van der Waals surface area contributed by atoms with E-state index in [0.717, 1.165) is 25.2 Å². The highest BCUT2D eigenvalue weighted by atomic mass is 79.9. The highest BCUT2D eigenvalue weighted by Crippen LogP contribution is 2.16. The Kier molecular flexibility index (Phi) is 4.36. The molecular weight excluding hydrogens is 308 g/mol. The van der Waals surface area contributed by atoms with Gasteiger partial charge in [0.15, 0.2) is 11.3 Å². The fraction of sp³-hybridized carbons (Fsp3) is 0.583. The van der Waals surface area contributed by atoms with Crippen LogP contribution in [0.1, 0.15) is 20.3 Å². The molecule has 2 heterocycles. The Morgan fingerprint density at radius 1 is 1.63 bits per heavy atom. The van der Waals surface area contributed by atoms with E-state index in [4.69, 9.17) is 5.41 Å². The molecule has 0 bridgehead atoms. The van der Waals surface area contributed by atoms with E-state index >= 15 is 0 Å². The monoisotopic (exact) mass is 326 g/mol. The van der Waals surface area contributed by atoms with Gasteiger partial charge in [-0.25, -0.2) is 9.66 Å². The summed E-state index contributed by atoms with van der Waals surface area (Å²) in [5.74, 6) is 0.683. The SMILES string of the molecule is CCC(C)=Nn1c(Br)cnc(N2CC(NC)C2)c1=N. The molecule has 1 aliphatic heterocycles. The quantitative estimate of drug-likeness (QED) is 0.816. The zero-order valence-corrected chi connectivity index (χ0v) is 13.0. The molecule has 104 valence electrons. The number of hydrogen-bond donors (Lipinski definition) is 2. The number of nitrogens with zero attached hydrogens (tertiary/aromatic N) is 4. The second-order valence-corrected chi connectivity index (χ2v) is 5.46. The van der Waals surface area contributed by atoms with Crippen LogP contribution in [0.3, 0.4) is 0 Å². The number of aromatic nitrogens is 2. The average Bonchev–Trinajstić information content (AvgIpc) is 2.35. The zero-order chi connectivity index (χ0) is 14.0. The molecule has 0 radical (unpaired) electrons. The first-order valence-electron chi connectivity index (χ1n) is 6.35. The van der Waals surface area contributed by atoms with Crippen LogP contribution in [0.2, 0.25) is 0 Å². The Morgan fingerprint density at radius 2 is 2.32 bits per heavy atom. The summed E-state index contributed by atoms with van der Waals surface area (Å²) < 4.78 is 2.29. The summed E-state index contributed by atoms with van der Waals surface area (Å²) in [6.45, 7) is 5.77. The van der Waals surface area contributed by atoms with E-state index in [1.54, 1.807) is 10.9 Å². The van der Waals surface area contributed by atoms with Gasteiger partial charge in [-0.2, -0.15) is 5.10 Å². The Balaban J connectivity index is 2.33. The molecule has 0 saturated carbocycles. The minimum Gasteiger partial charge on any atom is -0.350 e. The molecule has 1 fully saturated rings. The molecule has 0 atom stereocenters. The van der Waals surface area contributed by atoms with E-state index < -0.39 is 0 Å². The van der Waals surface area contributed by atoms with Crippen molar-refractivity contribution in [2.75, 3.05) is 25.0 Å². The fourth-order valence-corrected chi connectivity index (χ4v) is 2.20. The first-order valence-corrected chi connectivity index (χ1v) is 7.15. The van der Waals surface area contributed by atoms with Crippen LogP contribution in [0.25, 0.3) is 0 Å². The van der Waals surface area contributed by atoms with Gasteiger partial charge in [-0.1, -0.05) is 6.92 Å². The van der Waals surface area contributed by atoms with Crippen molar-refractivity contribution in [1.29, 1.82) is 5.41 Å². The average molecular weight is 327 g/mol. The van der Waals surface area contributed by atoms with Crippen molar-refractivity contribution in [3.63, 3.8) is 0 Å². The number of hydrogen-bond acceptors (Lipinski definition) is 5. The standard InChI is InChI=1S/C12H19BrN6/c1-4-8(2)17-19-10(13)5-16-12(11(19)14)18-6-9(7-18)15-3/h5,9,14-15H,4,6-7H2,1-3H3. The summed E-state index contributed by atoms with van der Waals surface area (Å²) in [7, 11) is 1.95. The van der Waals surface area contributed by atoms with Crippen molar-refractivity contribution in [3.05, 3.63) is 16.3 Å². The topological polar surface area (TPSA) is 69.3 Å². The van der Waals surface area contributed by atoms with E-state index in [0.29, 0.717) is 22.0 Å². The molecular formula is C12H19BrN6. The molecule has 1 aromatic rings. The first kappa shape index (κ1) is 14.2. The molecule has 1 aliphatic rings. The maximum atomic E-state index is 8.25. The molecule has 0 aromatic carbocycles. The van der Waals surface area contributed by atoms with E-state index in [2.05, 4.69) is 36.2 Å². The van der Waals surface area contributed by atoms with Gasteiger partial charge in [0.1, 0.15) is 4.60 Å². The van der Waals surface area contributed by atoms with Crippen LogP contribution in [0.4, 0.5) is 5.82 Å². The van der Waals surface area contributed by atoms with E-state index in [-0.39, 0.29) is 0 Å². The molecule has 2 N–H and O–H groups in total. The predicted molar refractivity (Wildman–Crippen MR) is 79.6 cm³/mol. The van der Waals surface area contributed by atoms with Crippen molar-refractivity contribution in [1.82, 2.24) is 15.0 Å². The number of anilines is 1. The number of rotatable bonds is 4. The molecule has 6 nitrogen and oxygen atoms in total. The summed E-state index contributed by atoms with van der Waals surface area (Å²) in [6.07, 6.45) is 2.56. The Morgan fingerprint density at radius 3 is 2.89 bits per heavy atom. The van der Waals surface area contributed by atoms with Gasteiger partial charge < -0.3 is 10.2 Å². The van der Waals surface area contributed by atoms with Crippen LogP contribution in [-0.2, 0) is 0 Å². The molecule has 0 unspecified atom stereocenters. The first-order chi connectivity index (χ1) is 9.06. The zero-order valence-electron chi connectivity index (χ0n) is 11.4. The fourth-order valence-electron chi connectivity index (χ4n) is 1.84.